The van der Waals surface area contributed by atoms with Crippen molar-refractivity contribution in [1.82, 2.24) is 4.90 Å². The molecular weight excluding hydrogens is 322 g/mol. The van der Waals surface area contributed by atoms with Gasteiger partial charge in [0, 0.05) is 31.7 Å². The Morgan fingerprint density at radius 2 is 1.85 bits per heavy atom. The Balaban J connectivity index is 1.88. The third-order valence-electron chi connectivity index (χ3n) is 5.69. The van der Waals surface area contributed by atoms with Gasteiger partial charge in [0.25, 0.3) is 0 Å². The molecule has 1 aromatic rings. The van der Waals surface area contributed by atoms with Crippen molar-refractivity contribution in [2.75, 3.05) is 26.2 Å². The van der Waals surface area contributed by atoms with Gasteiger partial charge in [-0.3, -0.25) is 4.79 Å². The number of benzene rings is 1. The van der Waals surface area contributed by atoms with Gasteiger partial charge in [0.1, 0.15) is 0 Å². The average Bonchev–Trinajstić information content (AvgIpc) is 2.64. The Hall–Kier alpha value is -1.19. The summed E-state index contributed by atoms with van der Waals surface area (Å²) in [5, 5.41) is 0. The molecular formula is C23H37NO2. The second-order valence-corrected chi connectivity index (χ2v) is 7.82. The second-order valence-electron chi connectivity index (χ2n) is 7.82. The fourth-order valence-electron chi connectivity index (χ4n) is 3.99. The molecule has 3 nitrogen and oxygen atoms in total. The summed E-state index contributed by atoms with van der Waals surface area (Å²) in [6.45, 7) is 10.8. The second kappa shape index (κ2) is 10.8. The van der Waals surface area contributed by atoms with E-state index < -0.39 is 0 Å². The minimum atomic E-state index is -0.00851. The highest BCUT2D eigenvalue weighted by molar-refractivity contribution is 5.97. The maximum absolute atomic E-state index is 12.6. The summed E-state index contributed by atoms with van der Waals surface area (Å²) in [4.78, 5) is 15.1. The van der Waals surface area contributed by atoms with E-state index in [0.717, 1.165) is 62.9 Å². The largest absolute Gasteiger partial charge is 0.375 e. The number of aryl methyl sites for hydroxylation is 1. The van der Waals surface area contributed by atoms with E-state index in [1.54, 1.807) is 0 Å². The minimum Gasteiger partial charge on any atom is -0.375 e. The highest BCUT2D eigenvalue weighted by Gasteiger charge is 2.34. The monoisotopic (exact) mass is 359 g/mol. The number of unbranched alkanes of at least 4 members (excludes halogenated alkanes) is 1. The van der Waals surface area contributed by atoms with E-state index >= 15 is 0 Å². The van der Waals surface area contributed by atoms with E-state index in [1.807, 2.05) is 31.2 Å². The molecule has 0 radical (unpaired) electrons. The van der Waals surface area contributed by atoms with Gasteiger partial charge in [-0.1, -0.05) is 44.5 Å². The molecule has 3 heteroatoms. The number of piperidine rings is 1. The third-order valence-corrected chi connectivity index (χ3v) is 5.69. The molecule has 0 aliphatic carbocycles. The van der Waals surface area contributed by atoms with E-state index in [9.17, 15) is 4.79 Å². The first-order chi connectivity index (χ1) is 12.6. The minimum absolute atomic E-state index is 0.00851. The molecule has 0 N–H and O–H groups in total. The van der Waals surface area contributed by atoms with Crippen molar-refractivity contribution in [2.45, 2.75) is 77.7 Å². The van der Waals surface area contributed by atoms with Crippen LogP contribution in [0.2, 0.25) is 0 Å². The summed E-state index contributed by atoms with van der Waals surface area (Å²) >= 11 is 0. The number of hydrogen-bond donors (Lipinski definition) is 0. The Morgan fingerprint density at radius 1 is 1.12 bits per heavy atom. The summed E-state index contributed by atoms with van der Waals surface area (Å²) < 4.78 is 6.41. The molecule has 1 fully saturated rings. The first kappa shape index (κ1) is 21.1. The number of carbonyl (C=O) groups is 1. The quantitative estimate of drug-likeness (QED) is 0.391. The zero-order valence-electron chi connectivity index (χ0n) is 17.1. The van der Waals surface area contributed by atoms with Crippen molar-refractivity contribution in [3.05, 3.63) is 35.4 Å². The van der Waals surface area contributed by atoms with Crippen LogP contribution in [0.1, 0.15) is 81.1 Å². The van der Waals surface area contributed by atoms with E-state index in [4.69, 9.17) is 4.74 Å². The van der Waals surface area contributed by atoms with Crippen LogP contribution < -0.4 is 0 Å². The van der Waals surface area contributed by atoms with Crippen LogP contribution in [0.5, 0.6) is 0 Å². The van der Waals surface area contributed by atoms with E-state index in [0.29, 0.717) is 6.42 Å². The molecule has 26 heavy (non-hydrogen) atoms. The highest BCUT2D eigenvalue weighted by Crippen LogP contribution is 2.32. The number of rotatable bonds is 11. The number of likely N-dealkylation sites (tertiary alicyclic amines) is 1. The topological polar surface area (TPSA) is 29.5 Å². The van der Waals surface area contributed by atoms with Crippen molar-refractivity contribution in [1.29, 1.82) is 0 Å². The summed E-state index contributed by atoms with van der Waals surface area (Å²) in [6, 6.07) is 7.92. The number of Topliss-reactive ketones (excluding diaryl/α,β-unsaturated/α-hetero) is 1. The lowest BCUT2D eigenvalue weighted by Crippen LogP contribution is -2.46. The van der Waals surface area contributed by atoms with Gasteiger partial charge in [0.2, 0.25) is 0 Å². The predicted molar refractivity (Wildman–Crippen MR) is 109 cm³/mol. The molecule has 1 aliphatic rings. The van der Waals surface area contributed by atoms with Gasteiger partial charge in [-0.2, -0.15) is 0 Å². The van der Waals surface area contributed by atoms with Crippen LogP contribution in [0.25, 0.3) is 0 Å². The normalized spacial score (nSPS) is 17.3. The molecule has 1 aliphatic heterocycles. The van der Waals surface area contributed by atoms with Crippen molar-refractivity contribution in [2.24, 2.45) is 0 Å². The number of hydrogen-bond acceptors (Lipinski definition) is 3. The molecule has 2 rings (SSSR count). The van der Waals surface area contributed by atoms with Gasteiger partial charge in [0.05, 0.1) is 5.60 Å². The molecule has 0 saturated carbocycles. The van der Waals surface area contributed by atoms with Crippen LogP contribution in [0.4, 0.5) is 0 Å². The Morgan fingerprint density at radius 3 is 2.50 bits per heavy atom. The average molecular weight is 360 g/mol. The van der Waals surface area contributed by atoms with Gasteiger partial charge >= 0.3 is 0 Å². The molecule has 0 aromatic heterocycles. The maximum atomic E-state index is 12.6. The maximum Gasteiger partial charge on any atom is 0.163 e. The smallest absolute Gasteiger partial charge is 0.163 e. The molecule has 0 atom stereocenters. The van der Waals surface area contributed by atoms with Crippen molar-refractivity contribution in [3.63, 3.8) is 0 Å². The first-order valence-corrected chi connectivity index (χ1v) is 10.6. The molecule has 0 spiro atoms. The van der Waals surface area contributed by atoms with Gasteiger partial charge in [-0.25, -0.2) is 0 Å². The first-order valence-electron chi connectivity index (χ1n) is 10.6. The van der Waals surface area contributed by atoms with Crippen LogP contribution in [0.3, 0.4) is 0 Å². The standard InChI is InChI=1S/C23H37NO2/c1-4-6-19-26-23(14-17-24(16-5-2)18-15-23)13-9-12-22(25)21-11-8-7-10-20(21)3/h7-8,10-11H,4-6,9,12-19H2,1-3H3. The highest BCUT2D eigenvalue weighted by atomic mass is 16.5. The predicted octanol–water partition coefficient (Wildman–Crippen LogP) is 5.41. The van der Waals surface area contributed by atoms with E-state index in [1.165, 1.54) is 19.4 Å². The molecule has 1 aromatic carbocycles. The van der Waals surface area contributed by atoms with Crippen LogP contribution in [0, 0.1) is 6.92 Å². The van der Waals surface area contributed by atoms with Crippen LogP contribution in [-0.4, -0.2) is 42.5 Å². The lowest BCUT2D eigenvalue weighted by Gasteiger charge is -2.42. The van der Waals surface area contributed by atoms with Gasteiger partial charge < -0.3 is 9.64 Å². The molecule has 0 amide bonds. The number of ketones is 1. The SMILES string of the molecule is CCCCOC1(CCCC(=O)c2ccccc2C)CCN(CCC)CC1. The molecule has 0 bridgehead atoms. The zero-order chi connectivity index (χ0) is 18.8. The zero-order valence-corrected chi connectivity index (χ0v) is 17.1. The van der Waals surface area contributed by atoms with Crippen LogP contribution in [0.15, 0.2) is 24.3 Å². The number of carbonyl (C=O) groups excluding carboxylic acids is 1. The molecule has 1 saturated heterocycles. The summed E-state index contributed by atoms with van der Waals surface area (Å²) in [5.41, 5.74) is 1.95. The Kier molecular flexibility index (Phi) is 8.80. The van der Waals surface area contributed by atoms with Gasteiger partial charge in [0.15, 0.2) is 5.78 Å². The summed E-state index contributed by atoms with van der Waals surface area (Å²) in [7, 11) is 0. The van der Waals surface area contributed by atoms with Crippen LogP contribution >= 0.6 is 0 Å². The van der Waals surface area contributed by atoms with Crippen molar-refractivity contribution in [3.8, 4) is 0 Å². The fourth-order valence-corrected chi connectivity index (χ4v) is 3.99. The lowest BCUT2D eigenvalue weighted by atomic mass is 9.85. The summed E-state index contributed by atoms with van der Waals surface area (Å²) in [5.74, 6) is 0.273. The Labute approximate surface area is 160 Å². The molecule has 146 valence electrons. The van der Waals surface area contributed by atoms with Crippen molar-refractivity contribution < 1.29 is 9.53 Å². The fraction of sp³-hybridized carbons (Fsp3) is 0.696. The number of nitrogens with zero attached hydrogens (tertiary/aromatic N) is 1. The van der Waals surface area contributed by atoms with Crippen LogP contribution in [-0.2, 0) is 4.74 Å². The third kappa shape index (κ3) is 6.21. The Bertz CT molecular complexity index is 547. The van der Waals surface area contributed by atoms with Gasteiger partial charge in [-0.05, 0) is 57.6 Å². The molecule has 0 unspecified atom stereocenters. The lowest BCUT2D eigenvalue weighted by molar-refractivity contribution is -0.0906. The van der Waals surface area contributed by atoms with Crippen molar-refractivity contribution >= 4 is 5.78 Å². The number of ether oxygens (including phenoxy) is 1. The molecule has 1 heterocycles. The van der Waals surface area contributed by atoms with E-state index in [2.05, 4.69) is 18.7 Å². The summed E-state index contributed by atoms with van der Waals surface area (Å²) in [6.07, 6.45) is 8.29. The van der Waals surface area contributed by atoms with E-state index in [-0.39, 0.29) is 11.4 Å². The van der Waals surface area contributed by atoms with Gasteiger partial charge in [-0.15, -0.1) is 0 Å².